The molecule has 0 N–H and O–H groups in total. The fraction of sp³-hybridized carbons (Fsp3) is 0.294. The first kappa shape index (κ1) is 17.9. The number of hydrogen-bond donors (Lipinski definition) is 0. The molecule has 0 nitrogen and oxygen atoms in total. The Morgan fingerprint density at radius 3 is 1.64 bits per heavy atom. The molecule has 0 spiro atoms. The zero-order chi connectivity index (χ0) is 16.2. The van der Waals surface area contributed by atoms with Gasteiger partial charge in [0.1, 0.15) is 0 Å². The first-order chi connectivity index (χ1) is 10.4. The van der Waals surface area contributed by atoms with Gasteiger partial charge in [0.25, 0.3) is 0 Å². The van der Waals surface area contributed by atoms with Crippen molar-refractivity contribution in [2.75, 3.05) is 0 Å². The Bertz CT molecular complexity index is 581. The van der Waals surface area contributed by atoms with Crippen molar-refractivity contribution in [1.29, 1.82) is 0 Å². The molecule has 2 aromatic rings. The molecular weight excluding hydrogens is 345 g/mol. The van der Waals surface area contributed by atoms with Gasteiger partial charge in [0.05, 0.1) is 15.2 Å². The first-order valence-corrected chi connectivity index (χ1v) is 21.8. The standard InChI is InChI=1S/C17H25Si5/c1-18-20(22(4,5)17-14-10-7-11-15-17)19-21(2,3)16-12-8-6-9-13-16/h6-15H,1-5H3. The van der Waals surface area contributed by atoms with E-state index in [1.807, 2.05) is 0 Å². The van der Waals surface area contributed by atoms with E-state index in [2.05, 4.69) is 93.4 Å². The second-order valence-electron chi connectivity index (χ2n) is 6.73. The van der Waals surface area contributed by atoms with Crippen molar-refractivity contribution in [2.45, 2.75) is 32.7 Å². The molecule has 0 aliphatic heterocycles. The average Bonchev–Trinajstić information content (AvgIpc) is 2.54. The molecule has 0 atom stereocenters. The third-order valence-corrected chi connectivity index (χ3v) is 50.5. The molecule has 0 saturated carbocycles. The predicted molar refractivity (Wildman–Crippen MR) is 110 cm³/mol. The van der Waals surface area contributed by atoms with Gasteiger partial charge in [-0.15, -0.1) is 0 Å². The highest BCUT2D eigenvalue weighted by molar-refractivity contribution is 7.80. The van der Waals surface area contributed by atoms with E-state index in [4.69, 9.17) is 0 Å². The number of hydrogen-bond acceptors (Lipinski definition) is 0. The summed E-state index contributed by atoms with van der Waals surface area (Å²) in [7, 11) is -0.468. The van der Waals surface area contributed by atoms with Crippen LogP contribution >= 0.6 is 0 Å². The van der Waals surface area contributed by atoms with E-state index in [0.717, 1.165) is 9.04 Å². The molecule has 0 aromatic heterocycles. The first-order valence-electron chi connectivity index (χ1n) is 7.82. The van der Waals surface area contributed by atoms with E-state index in [1.165, 1.54) is 8.55 Å². The normalized spacial score (nSPS) is 12.6. The van der Waals surface area contributed by atoms with E-state index in [1.54, 1.807) is 10.4 Å². The summed E-state index contributed by atoms with van der Waals surface area (Å²) in [6.07, 6.45) is 0. The van der Waals surface area contributed by atoms with Gasteiger partial charge < -0.3 is 0 Å². The lowest BCUT2D eigenvalue weighted by atomic mass is 10.4. The maximum absolute atomic E-state index is 2.62. The van der Waals surface area contributed by atoms with Crippen molar-refractivity contribution < 1.29 is 0 Å². The minimum Gasteiger partial charge on any atom is -0.0761 e. The van der Waals surface area contributed by atoms with Crippen molar-refractivity contribution in [2.24, 2.45) is 0 Å². The Morgan fingerprint density at radius 2 is 1.18 bits per heavy atom. The molecule has 5 heteroatoms. The van der Waals surface area contributed by atoms with E-state index < -0.39 is 15.2 Å². The molecule has 0 fully saturated rings. The summed E-state index contributed by atoms with van der Waals surface area (Å²) in [6.45, 7) is 12.9. The fourth-order valence-corrected chi connectivity index (χ4v) is 62.1. The van der Waals surface area contributed by atoms with Crippen LogP contribution in [0.25, 0.3) is 0 Å². The fourth-order valence-electron chi connectivity index (χ4n) is 2.77. The summed E-state index contributed by atoms with van der Waals surface area (Å²) < 4.78 is 0. The summed E-state index contributed by atoms with van der Waals surface area (Å²) in [5.41, 5.74) is 0. The summed E-state index contributed by atoms with van der Waals surface area (Å²) in [5.74, 6) is 0. The second-order valence-corrected chi connectivity index (χ2v) is 36.9. The maximum atomic E-state index is 2.62. The molecular formula is C17H25Si5. The summed E-state index contributed by atoms with van der Waals surface area (Å²) in [4.78, 5) is 0. The molecule has 5 radical (unpaired) electrons. The van der Waals surface area contributed by atoms with Gasteiger partial charge in [-0.3, -0.25) is 0 Å². The Hall–Kier alpha value is -0.476. The van der Waals surface area contributed by atoms with Gasteiger partial charge in [0.15, 0.2) is 0 Å². The van der Waals surface area contributed by atoms with Crippen molar-refractivity contribution in [3.63, 3.8) is 0 Å². The molecule has 22 heavy (non-hydrogen) atoms. The monoisotopic (exact) mass is 369 g/mol. The van der Waals surface area contributed by atoms with Crippen LogP contribution in [-0.2, 0) is 0 Å². The average molecular weight is 370 g/mol. The van der Waals surface area contributed by atoms with Gasteiger partial charge in [-0.25, -0.2) is 0 Å². The van der Waals surface area contributed by atoms with Crippen LogP contribution in [0.15, 0.2) is 60.7 Å². The smallest absolute Gasteiger partial charge is 0.0651 e. The minimum atomic E-state index is -1.29. The Kier molecular flexibility index (Phi) is 6.01. The summed E-state index contributed by atoms with van der Waals surface area (Å²) in [6, 6.07) is 22.7. The highest BCUT2D eigenvalue weighted by atomic mass is 30.0. The third kappa shape index (κ3) is 4.08. The van der Waals surface area contributed by atoms with E-state index >= 15 is 0 Å². The Labute approximate surface area is 143 Å². The van der Waals surface area contributed by atoms with E-state index in [-0.39, 0.29) is 7.35 Å². The van der Waals surface area contributed by atoms with Crippen LogP contribution in [0.3, 0.4) is 0 Å². The van der Waals surface area contributed by atoms with Crippen LogP contribution in [0.2, 0.25) is 32.7 Å². The Balaban J connectivity index is 2.25. The lowest BCUT2D eigenvalue weighted by Gasteiger charge is -2.36. The Morgan fingerprint density at radius 1 is 0.727 bits per heavy atom. The molecule has 0 unspecified atom stereocenters. The second kappa shape index (κ2) is 7.40. The summed E-state index contributed by atoms with van der Waals surface area (Å²) in [5, 5.41) is 3.32. The minimum absolute atomic E-state index is 0.260. The predicted octanol–water partition coefficient (Wildman–Crippen LogP) is 2.74. The van der Waals surface area contributed by atoms with Crippen molar-refractivity contribution in [3.05, 3.63) is 60.7 Å². The number of rotatable bonds is 6. The molecule has 0 aliphatic carbocycles. The molecule has 113 valence electrons. The van der Waals surface area contributed by atoms with Gasteiger partial charge in [0, 0.05) is 24.9 Å². The molecule has 2 aromatic carbocycles. The molecule has 0 heterocycles. The van der Waals surface area contributed by atoms with E-state index in [9.17, 15) is 0 Å². The van der Waals surface area contributed by atoms with Crippen LogP contribution < -0.4 is 10.4 Å². The van der Waals surface area contributed by atoms with Crippen LogP contribution in [0.5, 0.6) is 0 Å². The van der Waals surface area contributed by atoms with Crippen LogP contribution in [0, 0.1) is 0 Å². The number of benzene rings is 2. The molecule has 0 aliphatic rings. The molecule has 2 rings (SSSR count). The third-order valence-electron chi connectivity index (χ3n) is 4.30. The van der Waals surface area contributed by atoms with Crippen LogP contribution in [-0.4, -0.2) is 40.1 Å². The van der Waals surface area contributed by atoms with Gasteiger partial charge in [-0.05, 0) is 0 Å². The molecule has 0 amide bonds. The van der Waals surface area contributed by atoms with Crippen molar-refractivity contribution in [3.8, 4) is 0 Å². The molecule has 0 saturated heterocycles. The SMILES string of the molecule is C[Si][Si]([Si][Si](C)(C)c1ccccc1)[Si](C)(C)c1ccccc1. The van der Waals surface area contributed by atoms with Crippen LogP contribution in [0.1, 0.15) is 0 Å². The highest BCUT2D eigenvalue weighted by Gasteiger charge is 2.39. The maximum Gasteiger partial charge on any atom is 0.0651 e. The van der Waals surface area contributed by atoms with Gasteiger partial charge in [-0.1, -0.05) is 104 Å². The largest absolute Gasteiger partial charge is 0.0761 e. The van der Waals surface area contributed by atoms with Gasteiger partial charge >= 0.3 is 0 Å². The van der Waals surface area contributed by atoms with Gasteiger partial charge in [-0.2, -0.15) is 0 Å². The molecule has 0 bridgehead atoms. The zero-order valence-corrected chi connectivity index (χ0v) is 19.3. The van der Waals surface area contributed by atoms with Crippen molar-refractivity contribution >= 4 is 50.5 Å². The highest BCUT2D eigenvalue weighted by Crippen LogP contribution is 2.12. The topological polar surface area (TPSA) is 0 Å². The zero-order valence-electron chi connectivity index (χ0n) is 14.3. The van der Waals surface area contributed by atoms with Crippen molar-refractivity contribution in [1.82, 2.24) is 0 Å². The lowest BCUT2D eigenvalue weighted by molar-refractivity contribution is 1.73. The quantitative estimate of drug-likeness (QED) is 0.687. The van der Waals surface area contributed by atoms with E-state index in [0.29, 0.717) is 0 Å². The van der Waals surface area contributed by atoms with Gasteiger partial charge in [0.2, 0.25) is 0 Å². The summed E-state index contributed by atoms with van der Waals surface area (Å²) >= 11 is 0. The lowest BCUT2D eigenvalue weighted by Crippen LogP contribution is -2.68. The van der Waals surface area contributed by atoms with Crippen LogP contribution in [0.4, 0.5) is 0 Å².